The first-order chi connectivity index (χ1) is 10.7. The molecule has 0 aliphatic rings. The number of amides is 1. The van der Waals surface area contributed by atoms with E-state index in [-0.39, 0.29) is 5.91 Å². The fourth-order valence-corrected chi connectivity index (χ4v) is 2.37. The number of rotatable bonds is 4. The summed E-state index contributed by atoms with van der Waals surface area (Å²) in [4.78, 5) is 19.2. The second-order valence-corrected chi connectivity index (χ2v) is 5.19. The second kappa shape index (κ2) is 6.45. The summed E-state index contributed by atoms with van der Waals surface area (Å²) < 4.78 is 0. The van der Waals surface area contributed by atoms with Crippen molar-refractivity contribution in [3.63, 3.8) is 0 Å². The summed E-state index contributed by atoms with van der Waals surface area (Å²) in [5.74, 6) is -0.168. The van der Waals surface area contributed by atoms with Gasteiger partial charge in [-0.05, 0) is 29.8 Å². The van der Waals surface area contributed by atoms with E-state index < -0.39 is 0 Å². The van der Waals surface area contributed by atoms with Crippen molar-refractivity contribution in [1.82, 2.24) is 15.3 Å². The molecule has 0 aliphatic heterocycles. The number of hydrogen-bond acceptors (Lipinski definition) is 2. The molecule has 2 heterocycles. The van der Waals surface area contributed by atoms with E-state index in [2.05, 4.69) is 15.3 Å². The van der Waals surface area contributed by atoms with Gasteiger partial charge in [0.1, 0.15) is 5.65 Å². The van der Waals surface area contributed by atoms with Gasteiger partial charge in [-0.15, -0.1) is 0 Å². The van der Waals surface area contributed by atoms with Gasteiger partial charge in [0.15, 0.2) is 0 Å². The van der Waals surface area contributed by atoms with Gasteiger partial charge < -0.3 is 10.3 Å². The van der Waals surface area contributed by atoms with Crippen molar-refractivity contribution in [1.29, 1.82) is 0 Å². The van der Waals surface area contributed by atoms with Crippen LogP contribution >= 0.6 is 11.6 Å². The lowest BCUT2D eigenvalue weighted by Crippen LogP contribution is -2.20. The number of halogens is 1. The highest BCUT2D eigenvalue weighted by molar-refractivity contribution is 6.31. The fourth-order valence-electron chi connectivity index (χ4n) is 2.16. The molecular formula is C17H14ClN3O. The monoisotopic (exact) mass is 311 g/mol. The maximum absolute atomic E-state index is 11.9. The fraction of sp³-hybridized carbons (Fsp3) is 0.0588. The zero-order valence-corrected chi connectivity index (χ0v) is 12.5. The molecule has 1 amide bonds. The molecule has 1 aromatic carbocycles. The standard InChI is InChI=1S/C17H14ClN3O/c18-15-6-2-1-4-13(15)11-20-16(22)8-7-12-10-21-17-14(12)5-3-9-19-17/h1-10H,11H2,(H,19,21)(H,20,22). The minimum Gasteiger partial charge on any atom is -0.348 e. The summed E-state index contributed by atoms with van der Waals surface area (Å²) >= 11 is 6.05. The first kappa shape index (κ1) is 14.4. The van der Waals surface area contributed by atoms with Crippen molar-refractivity contribution in [3.8, 4) is 0 Å². The van der Waals surface area contributed by atoms with Crippen LogP contribution in [0, 0.1) is 0 Å². The number of hydrogen-bond donors (Lipinski definition) is 2. The van der Waals surface area contributed by atoms with Gasteiger partial charge in [-0.3, -0.25) is 4.79 Å². The van der Waals surface area contributed by atoms with Crippen LogP contribution in [-0.2, 0) is 11.3 Å². The highest BCUT2D eigenvalue weighted by atomic mass is 35.5. The number of carbonyl (C=O) groups is 1. The SMILES string of the molecule is O=C(C=Cc1c[nH]c2ncccc12)NCc1ccccc1Cl. The lowest BCUT2D eigenvalue weighted by Gasteiger charge is -2.04. The minimum atomic E-state index is -0.168. The summed E-state index contributed by atoms with van der Waals surface area (Å²) in [6.07, 6.45) is 6.83. The Hall–Kier alpha value is -2.59. The predicted molar refractivity (Wildman–Crippen MR) is 88.4 cm³/mol. The Kier molecular flexibility index (Phi) is 4.21. The van der Waals surface area contributed by atoms with Crippen LogP contribution in [0.2, 0.25) is 5.02 Å². The van der Waals surface area contributed by atoms with E-state index in [1.54, 1.807) is 18.3 Å². The molecule has 5 heteroatoms. The van der Waals surface area contributed by atoms with Crippen LogP contribution in [0.5, 0.6) is 0 Å². The normalized spacial score (nSPS) is 11.1. The lowest BCUT2D eigenvalue weighted by atomic mass is 10.2. The summed E-state index contributed by atoms with van der Waals surface area (Å²) in [7, 11) is 0. The number of carbonyl (C=O) groups excluding carboxylic acids is 1. The molecule has 3 aromatic rings. The molecule has 0 saturated carbocycles. The summed E-state index contributed by atoms with van der Waals surface area (Å²) in [6.45, 7) is 0.401. The van der Waals surface area contributed by atoms with E-state index in [0.29, 0.717) is 11.6 Å². The highest BCUT2D eigenvalue weighted by Crippen LogP contribution is 2.17. The maximum atomic E-state index is 11.9. The number of nitrogens with one attached hydrogen (secondary N) is 2. The minimum absolute atomic E-state index is 0.168. The Morgan fingerprint density at radius 1 is 1.27 bits per heavy atom. The van der Waals surface area contributed by atoms with Gasteiger partial charge in [0, 0.05) is 41.0 Å². The van der Waals surface area contributed by atoms with Crippen molar-refractivity contribution >= 4 is 34.6 Å². The Balaban J connectivity index is 1.65. The first-order valence-corrected chi connectivity index (χ1v) is 7.23. The smallest absolute Gasteiger partial charge is 0.244 e. The van der Waals surface area contributed by atoms with Gasteiger partial charge >= 0.3 is 0 Å². The molecule has 0 unspecified atom stereocenters. The van der Waals surface area contributed by atoms with E-state index in [0.717, 1.165) is 22.2 Å². The number of aromatic nitrogens is 2. The molecule has 2 aromatic heterocycles. The Morgan fingerprint density at radius 3 is 3.00 bits per heavy atom. The van der Waals surface area contributed by atoms with Crippen LogP contribution < -0.4 is 5.32 Å². The highest BCUT2D eigenvalue weighted by Gasteiger charge is 2.03. The zero-order chi connectivity index (χ0) is 15.4. The third kappa shape index (κ3) is 3.18. The van der Waals surface area contributed by atoms with Gasteiger partial charge in [-0.1, -0.05) is 29.8 Å². The second-order valence-electron chi connectivity index (χ2n) is 4.79. The van der Waals surface area contributed by atoms with Gasteiger partial charge in [-0.25, -0.2) is 4.98 Å². The van der Waals surface area contributed by atoms with Gasteiger partial charge in [0.2, 0.25) is 5.91 Å². The van der Waals surface area contributed by atoms with Crippen molar-refractivity contribution in [2.75, 3.05) is 0 Å². The largest absolute Gasteiger partial charge is 0.348 e. The van der Waals surface area contributed by atoms with Crippen LogP contribution in [-0.4, -0.2) is 15.9 Å². The number of nitrogens with zero attached hydrogens (tertiary/aromatic N) is 1. The quantitative estimate of drug-likeness (QED) is 0.724. The van der Waals surface area contributed by atoms with Crippen molar-refractivity contribution in [2.45, 2.75) is 6.54 Å². The average Bonchev–Trinajstić information content (AvgIpc) is 2.95. The summed E-state index contributed by atoms with van der Waals surface area (Å²) in [5, 5.41) is 4.45. The van der Waals surface area contributed by atoms with E-state index in [1.165, 1.54) is 6.08 Å². The third-order valence-corrected chi connectivity index (χ3v) is 3.68. The van der Waals surface area contributed by atoms with Crippen molar-refractivity contribution < 1.29 is 4.79 Å². The Morgan fingerprint density at radius 2 is 2.14 bits per heavy atom. The van der Waals surface area contributed by atoms with Crippen LogP contribution in [0.15, 0.2) is 54.9 Å². The molecule has 4 nitrogen and oxygen atoms in total. The molecule has 0 spiro atoms. The number of H-pyrrole nitrogens is 1. The van der Waals surface area contributed by atoms with Crippen molar-refractivity contribution in [3.05, 3.63) is 71.0 Å². The van der Waals surface area contributed by atoms with E-state index in [1.807, 2.05) is 36.5 Å². The topological polar surface area (TPSA) is 57.8 Å². The molecule has 110 valence electrons. The predicted octanol–water partition coefficient (Wildman–Crippen LogP) is 3.55. The van der Waals surface area contributed by atoms with E-state index >= 15 is 0 Å². The molecule has 22 heavy (non-hydrogen) atoms. The molecule has 3 rings (SSSR count). The Bertz CT molecular complexity index is 839. The first-order valence-electron chi connectivity index (χ1n) is 6.85. The molecule has 0 saturated heterocycles. The molecule has 0 bridgehead atoms. The van der Waals surface area contributed by atoms with Crippen molar-refractivity contribution in [2.24, 2.45) is 0 Å². The molecule has 2 N–H and O–H groups in total. The molecular weight excluding hydrogens is 298 g/mol. The lowest BCUT2D eigenvalue weighted by molar-refractivity contribution is -0.116. The maximum Gasteiger partial charge on any atom is 0.244 e. The van der Waals surface area contributed by atoms with Crippen LogP contribution in [0.3, 0.4) is 0 Å². The number of benzene rings is 1. The molecule has 0 fully saturated rings. The molecule has 0 atom stereocenters. The molecule has 0 aliphatic carbocycles. The van der Waals surface area contributed by atoms with Crippen LogP contribution in [0.25, 0.3) is 17.1 Å². The Labute approximate surface area is 132 Å². The third-order valence-electron chi connectivity index (χ3n) is 3.31. The van der Waals surface area contributed by atoms with Gasteiger partial charge in [0.25, 0.3) is 0 Å². The summed E-state index contributed by atoms with van der Waals surface area (Å²) in [6, 6.07) is 11.3. The van der Waals surface area contributed by atoms with E-state index in [9.17, 15) is 4.79 Å². The van der Waals surface area contributed by atoms with Gasteiger partial charge in [0.05, 0.1) is 0 Å². The average molecular weight is 312 g/mol. The number of aromatic amines is 1. The summed E-state index contributed by atoms with van der Waals surface area (Å²) in [5.41, 5.74) is 2.62. The van der Waals surface area contributed by atoms with Gasteiger partial charge in [-0.2, -0.15) is 0 Å². The zero-order valence-electron chi connectivity index (χ0n) is 11.7. The van der Waals surface area contributed by atoms with E-state index in [4.69, 9.17) is 11.6 Å². The van der Waals surface area contributed by atoms with Crippen LogP contribution in [0.4, 0.5) is 0 Å². The molecule has 0 radical (unpaired) electrons. The number of fused-ring (bicyclic) bond motifs is 1. The van der Waals surface area contributed by atoms with Crippen LogP contribution in [0.1, 0.15) is 11.1 Å². The number of pyridine rings is 1.